The third-order valence-corrected chi connectivity index (χ3v) is 3.10. The molecule has 1 fully saturated rings. The van der Waals surface area contributed by atoms with Crippen molar-refractivity contribution in [1.82, 2.24) is 10.2 Å². The Kier molecular flexibility index (Phi) is 6.22. The SMILES string of the molecule is CCNCC(CC)N1CCCOC(C)C1. The van der Waals surface area contributed by atoms with Gasteiger partial charge in [-0.15, -0.1) is 0 Å². The van der Waals surface area contributed by atoms with Gasteiger partial charge in [0.2, 0.25) is 0 Å². The van der Waals surface area contributed by atoms with Crippen molar-refractivity contribution >= 4 is 0 Å². The van der Waals surface area contributed by atoms with Crippen LogP contribution >= 0.6 is 0 Å². The highest BCUT2D eigenvalue weighted by atomic mass is 16.5. The largest absolute Gasteiger partial charge is 0.377 e. The van der Waals surface area contributed by atoms with Crippen molar-refractivity contribution in [3.63, 3.8) is 0 Å². The summed E-state index contributed by atoms with van der Waals surface area (Å²) in [4.78, 5) is 2.58. The monoisotopic (exact) mass is 214 g/mol. The summed E-state index contributed by atoms with van der Waals surface area (Å²) in [6.07, 6.45) is 2.79. The van der Waals surface area contributed by atoms with Gasteiger partial charge in [0.25, 0.3) is 0 Å². The molecule has 2 unspecified atom stereocenters. The first kappa shape index (κ1) is 12.9. The van der Waals surface area contributed by atoms with Crippen LogP contribution in [-0.4, -0.2) is 49.8 Å². The molecule has 3 heteroatoms. The molecule has 2 atom stereocenters. The summed E-state index contributed by atoms with van der Waals surface area (Å²) in [5.74, 6) is 0. The molecule has 1 aliphatic heterocycles. The maximum atomic E-state index is 5.67. The number of likely N-dealkylation sites (N-methyl/N-ethyl adjacent to an activating group) is 1. The van der Waals surface area contributed by atoms with Gasteiger partial charge in [0.15, 0.2) is 0 Å². The molecule has 0 saturated carbocycles. The minimum atomic E-state index is 0.392. The summed E-state index contributed by atoms with van der Waals surface area (Å²) in [7, 11) is 0. The molecule has 0 aromatic carbocycles. The van der Waals surface area contributed by atoms with Gasteiger partial charge in [0.05, 0.1) is 6.10 Å². The van der Waals surface area contributed by atoms with E-state index in [0.717, 1.165) is 26.2 Å². The summed E-state index contributed by atoms with van der Waals surface area (Å²) < 4.78 is 5.67. The van der Waals surface area contributed by atoms with E-state index in [1.165, 1.54) is 19.4 Å². The Hall–Kier alpha value is -0.120. The molecule has 1 saturated heterocycles. The molecule has 1 N–H and O–H groups in total. The van der Waals surface area contributed by atoms with Gasteiger partial charge in [-0.1, -0.05) is 13.8 Å². The summed E-state index contributed by atoms with van der Waals surface area (Å²) >= 11 is 0. The molecule has 0 aromatic heterocycles. The van der Waals surface area contributed by atoms with E-state index in [2.05, 4.69) is 31.0 Å². The van der Waals surface area contributed by atoms with Crippen LogP contribution in [0.1, 0.15) is 33.6 Å². The van der Waals surface area contributed by atoms with E-state index in [4.69, 9.17) is 4.74 Å². The van der Waals surface area contributed by atoms with E-state index in [9.17, 15) is 0 Å². The van der Waals surface area contributed by atoms with Crippen molar-refractivity contribution in [2.45, 2.75) is 45.8 Å². The Morgan fingerprint density at radius 3 is 2.93 bits per heavy atom. The van der Waals surface area contributed by atoms with E-state index in [1.807, 2.05) is 0 Å². The third-order valence-electron chi connectivity index (χ3n) is 3.10. The van der Waals surface area contributed by atoms with Crippen LogP contribution in [0.5, 0.6) is 0 Å². The quantitative estimate of drug-likeness (QED) is 0.750. The molecule has 0 bridgehead atoms. The molecule has 0 radical (unpaired) electrons. The van der Waals surface area contributed by atoms with Crippen LogP contribution in [0.25, 0.3) is 0 Å². The highest BCUT2D eigenvalue weighted by Gasteiger charge is 2.21. The van der Waals surface area contributed by atoms with Gasteiger partial charge in [0, 0.05) is 32.3 Å². The highest BCUT2D eigenvalue weighted by molar-refractivity contribution is 4.76. The summed E-state index contributed by atoms with van der Waals surface area (Å²) in [6.45, 7) is 12.0. The first-order chi connectivity index (χ1) is 7.27. The predicted molar refractivity (Wildman–Crippen MR) is 64.2 cm³/mol. The van der Waals surface area contributed by atoms with Gasteiger partial charge in [-0.3, -0.25) is 4.90 Å². The highest BCUT2D eigenvalue weighted by Crippen LogP contribution is 2.11. The fourth-order valence-electron chi connectivity index (χ4n) is 2.20. The maximum Gasteiger partial charge on any atom is 0.0674 e. The van der Waals surface area contributed by atoms with Crippen LogP contribution in [0.3, 0.4) is 0 Å². The third kappa shape index (κ3) is 4.49. The van der Waals surface area contributed by atoms with Gasteiger partial charge in [-0.25, -0.2) is 0 Å². The molecule has 0 aliphatic carbocycles. The minimum absolute atomic E-state index is 0.392. The molecule has 1 rings (SSSR count). The molecular weight excluding hydrogens is 188 g/mol. The van der Waals surface area contributed by atoms with Crippen molar-refractivity contribution in [1.29, 1.82) is 0 Å². The van der Waals surface area contributed by atoms with Crippen molar-refractivity contribution in [2.75, 3.05) is 32.8 Å². The molecule has 0 amide bonds. The Morgan fingerprint density at radius 2 is 2.27 bits per heavy atom. The van der Waals surface area contributed by atoms with Gasteiger partial charge in [-0.05, 0) is 26.3 Å². The zero-order valence-electron chi connectivity index (χ0n) is 10.5. The summed E-state index contributed by atoms with van der Waals surface area (Å²) in [5, 5.41) is 3.45. The number of ether oxygens (including phenoxy) is 1. The molecule has 0 aromatic rings. The van der Waals surface area contributed by atoms with Crippen LogP contribution in [0, 0.1) is 0 Å². The number of nitrogens with zero attached hydrogens (tertiary/aromatic N) is 1. The maximum absolute atomic E-state index is 5.67. The molecule has 0 spiro atoms. The van der Waals surface area contributed by atoms with Gasteiger partial charge < -0.3 is 10.1 Å². The molecule has 1 heterocycles. The van der Waals surface area contributed by atoms with Gasteiger partial charge in [-0.2, -0.15) is 0 Å². The molecular formula is C12H26N2O. The molecule has 1 aliphatic rings. The summed E-state index contributed by atoms with van der Waals surface area (Å²) in [5.41, 5.74) is 0. The smallest absolute Gasteiger partial charge is 0.0674 e. The second kappa shape index (κ2) is 7.20. The molecule has 90 valence electrons. The Morgan fingerprint density at radius 1 is 1.47 bits per heavy atom. The van der Waals surface area contributed by atoms with Crippen LogP contribution in [-0.2, 0) is 4.74 Å². The lowest BCUT2D eigenvalue weighted by Gasteiger charge is -2.30. The molecule has 15 heavy (non-hydrogen) atoms. The first-order valence-electron chi connectivity index (χ1n) is 6.34. The minimum Gasteiger partial charge on any atom is -0.377 e. The van der Waals surface area contributed by atoms with E-state index in [1.54, 1.807) is 0 Å². The molecule has 3 nitrogen and oxygen atoms in total. The second-order valence-corrected chi connectivity index (χ2v) is 4.40. The Balaban J connectivity index is 2.41. The average molecular weight is 214 g/mol. The second-order valence-electron chi connectivity index (χ2n) is 4.40. The lowest BCUT2D eigenvalue weighted by molar-refractivity contribution is 0.0601. The normalized spacial score (nSPS) is 26.2. The van der Waals surface area contributed by atoms with Crippen LogP contribution in [0.2, 0.25) is 0 Å². The van der Waals surface area contributed by atoms with Crippen LogP contribution < -0.4 is 5.32 Å². The Bertz CT molecular complexity index is 164. The number of nitrogens with one attached hydrogen (secondary N) is 1. The average Bonchev–Trinajstić information content (AvgIpc) is 2.44. The topological polar surface area (TPSA) is 24.5 Å². The van der Waals surface area contributed by atoms with Crippen molar-refractivity contribution < 1.29 is 4.74 Å². The van der Waals surface area contributed by atoms with Crippen molar-refractivity contribution in [2.24, 2.45) is 0 Å². The lowest BCUT2D eigenvalue weighted by Crippen LogP contribution is -2.44. The van der Waals surface area contributed by atoms with E-state index in [0.29, 0.717) is 12.1 Å². The van der Waals surface area contributed by atoms with Crippen molar-refractivity contribution in [3.05, 3.63) is 0 Å². The van der Waals surface area contributed by atoms with Crippen molar-refractivity contribution in [3.8, 4) is 0 Å². The number of hydrogen-bond acceptors (Lipinski definition) is 3. The van der Waals surface area contributed by atoms with Crippen LogP contribution in [0.4, 0.5) is 0 Å². The van der Waals surface area contributed by atoms with E-state index in [-0.39, 0.29) is 0 Å². The fraction of sp³-hybridized carbons (Fsp3) is 1.00. The lowest BCUT2D eigenvalue weighted by atomic mass is 10.1. The standard InChI is InChI=1S/C12H26N2O/c1-4-12(9-13-5-2)14-7-6-8-15-11(3)10-14/h11-13H,4-10H2,1-3H3. The fourth-order valence-corrected chi connectivity index (χ4v) is 2.20. The van der Waals surface area contributed by atoms with E-state index >= 15 is 0 Å². The summed E-state index contributed by atoms with van der Waals surface area (Å²) in [6, 6.07) is 0.675. The van der Waals surface area contributed by atoms with Crippen LogP contribution in [0.15, 0.2) is 0 Å². The Labute approximate surface area is 94.2 Å². The number of rotatable bonds is 5. The van der Waals surface area contributed by atoms with Gasteiger partial charge >= 0.3 is 0 Å². The zero-order chi connectivity index (χ0) is 11.1. The first-order valence-corrected chi connectivity index (χ1v) is 6.34. The predicted octanol–water partition coefficient (Wildman–Crippen LogP) is 1.49. The zero-order valence-corrected chi connectivity index (χ0v) is 10.5. The van der Waals surface area contributed by atoms with E-state index < -0.39 is 0 Å². The number of hydrogen-bond donors (Lipinski definition) is 1. The van der Waals surface area contributed by atoms with Gasteiger partial charge in [0.1, 0.15) is 0 Å².